The molecule has 3 aliphatic rings. The minimum Gasteiger partial charge on any atom is -0.391 e. The Bertz CT molecular complexity index is 389. The zero-order chi connectivity index (χ0) is 18.6. The fraction of sp³-hybridized carbons (Fsp3) is 1.00. The molecule has 26 heavy (non-hydrogen) atoms. The van der Waals surface area contributed by atoms with Gasteiger partial charge in [-0.2, -0.15) is 0 Å². The lowest BCUT2D eigenvalue weighted by Crippen LogP contribution is -2.73. The molecule has 0 aromatic carbocycles. The minimum atomic E-state index is -0.396. The summed E-state index contributed by atoms with van der Waals surface area (Å²) in [6.45, 7) is 15.8. The van der Waals surface area contributed by atoms with Gasteiger partial charge in [-0.1, -0.05) is 0 Å². The summed E-state index contributed by atoms with van der Waals surface area (Å²) in [5, 5.41) is 19.5. The van der Waals surface area contributed by atoms with Gasteiger partial charge >= 0.3 is 0 Å². The molecule has 152 valence electrons. The van der Waals surface area contributed by atoms with Crippen LogP contribution < -0.4 is 0 Å². The third kappa shape index (κ3) is 5.23. The number of aliphatic hydroxyl groups excluding tert-OH is 2. The normalized spacial score (nSPS) is 29.1. The molecule has 0 aromatic heterocycles. The van der Waals surface area contributed by atoms with Crippen molar-refractivity contribution in [1.29, 1.82) is 0 Å². The summed E-state index contributed by atoms with van der Waals surface area (Å²) in [4.78, 5) is 4.74. The Balaban J connectivity index is 1.42. The van der Waals surface area contributed by atoms with E-state index < -0.39 is 12.2 Å². The highest BCUT2D eigenvalue weighted by molar-refractivity contribution is 6.18. The number of hydrogen-bond acceptors (Lipinski definition) is 4. The molecule has 0 saturated carbocycles. The highest BCUT2D eigenvalue weighted by Crippen LogP contribution is 2.24. The second kappa shape index (κ2) is 9.23. The molecule has 8 heteroatoms. The van der Waals surface area contributed by atoms with Crippen LogP contribution in [0.25, 0.3) is 0 Å². The Morgan fingerprint density at radius 1 is 0.615 bits per heavy atom. The number of piperazine rings is 3. The van der Waals surface area contributed by atoms with Gasteiger partial charge in [-0.15, -0.1) is 23.2 Å². The van der Waals surface area contributed by atoms with Crippen LogP contribution in [0, 0.1) is 0 Å². The van der Waals surface area contributed by atoms with E-state index in [1.165, 1.54) is 61.3 Å². The van der Waals surface area contributed by atoms with Crippen molar-refractivity contribution in [3.05, 3.63) is 0 Å². The Morgan fingerprint density at radius 2 is 0.923 bits per heavy atom. The molecule has 0 aromatic rings. The summed E-state index contributed by atoms with van der Waals surface area (Å²) in [5.41, 5.74) is 0. The van der Waals surface area contributed by atoms with Gasteiger partial charge in [-0.3, -0.25) is 9.80 Å². The molecule has 3 rings (SSSR count). The first-order valence-corrected chi connectivity index (χ1v) is 11.2. The second-order valence-corrected chi connectivity index (χ2v) is 9.31. The quantitative estimate of drug-likeness (QED) is 0.456. The van der Waals surface area contributed by atoms with E-state index in [1.807, 2.05) is 0 Å². The zero-order valence-electron chi connectivity index (χ0n) is 15.9. The maximum Gasteiger partial charge on any atom is 0.129 e. The van der Waals surface area contributed by atoms with Crippen molar-refractivity contribution in [2.75, 3.05) is 103 Å². The fourth-order valence-corrected chi connectivity index (χ4v) is 5.08. The van der Waals surface area contributed by atoms with E-state index >= 15 is 0 Å². The molecule has 2 atom stereocenters. The molecule has 2 spiro atoms. The van der Waals surface area contributed by atoms with Crippen LogP contribution in [0.5, 0.6) is 0 Å². The molecule has 3 saturated heterocycles. The van der Waals surface area contributed by atoms with E-state index in [0.29, 0.717) is 24.8 Å². The van der Waals surface area contributed by atoms with Crippen LogP contribution in [0.4, 0.5) is 0 Å². The van der Waals surface area contributed by atoms with Crippen LogP contribution >= 0.6 is 23.2 Å². The molecule has 0 amide bonds. The number of β-amino-alcohol motifs (C(OH)–C–C–N with tert-alkyl or cyclic N) is 2. The van der Waals surface area contributed by atoms with Gasteiger partial charge in [0.1, 0.15) is 26.2 Å². The van der Waals surface area contributed by atoms with Gasteiger partial charge in [-0.25, -0.2) is 0 Å². The number of quaternary nitrogens is 2. The highest BCUT2D eigenvalue weighted by Gasteiger charge is 2.45. The summed E-state index contributed by atoms with van der Waals surface area (Å²) >= 11 is 11.5. The summed E-state index contributed by atoms with van der Waals surface area (Å²) in [7, 11) is 0. The summed E-state index contributed by atoms with van der Waals surface area (Å²) in [5.74, 6) is 0.658. The van der Waals surface area contributed by atoms with Crippen LogP contribution in [-0.2, 0) is 0 Å². The van der Waals surface area contributed by atoms with Crippen molar-refractivity contribution in [3.63, 3.8) is 0 Å². The summed E-state index contributed by atoms with van der Waals surface area (Å²) < 4.78 is 2.53. The number of alkyl halides is 2. The van der Waals surface area contributed by atoms with Crippen LogP contribution in [0.15, 0.2) is 0 Å². The predicted octanol–water partition coefficient (Wildman–Crippen LogP) is -0.536. The van der Waals surface area contributed by atoms with Crippen LogP contribution in [0.2, 0.25) is 0 Å². The van der Waals surface area contributed by atoms with Gasteiger partial charge in [0.2, 0.25) is 0 Å². The molecule has 0 aliphatic carbocycles. The lowest BCUT2D eigenvalue weighted by molar-refractivity contribution is -1.03. The van der Waals surface area contributed by atoms with Gasteiger partial charge in [0, 0.05) is 51.0 Å². The monoisotopic (exact) mass is 410 g/mol. The van der Waals surface area contributed by atoms with Crippen molar-refractivity contribution in [2.24, 2.45) is 0 Å². The topological polar surface area (TPSA) is 46.9 Å². The van der Waals surface area contributed by atoms with Gasteiger partial charge in [0.15, 0.2) is 0 Å². The molecule has 2 N–H and O–H groups in total. The SMILES string of the molecule is O[C@H](CCl)CN1CC[N+]2(CC1)CC[N+]1(CCN(C[C@H](O)CCl)CC1)CC2. The number of rotatable bonds is 6. The zero-order valence-corrected chi connectivity index (χ0v) is 17.4. The third-order valence-electron chi connectivity index (χ3n) is 6.95. The Kier molecular flexibility index (Phi) is 7.47. The van der Waals surface area contributed by atoms with Crippen molar-refractivity contribution in [1.82, 2.24) is 9.80 Å². The maximum absolute atomic E-state index is 9.76. The average molecular weight is 411 g/mol. The van der Waals surface area contributed by atoms with Crippen LogP contribution in [0.1, 0.15) is 0 Å². The van der Waals surface area contributed by atoms with E-state index in [1.54, 1.807) is 0 Å². The molecule has 0 unspecified atom stereocenters. The second-order valence-electron chi connectivity index (χ2n) is 8.69. The number of nitrogens with zero attached hydrogens (tertiary/aromatic N) is 4. The van der Waals surface area contributed by atoms with Crippen molar-refractivity contribution in [2.45, 2.75) is 12.2 Å². The minimum absolute atomic E-state index is 0.329. The summed E-state index contributed by atoms with van der Waals surface area (Å²) in [6.07, 6.45) is -0.793. The van der Waals surface area contributed by atoms with Crippen molar-refractivity contribution < 1.29 is 19.2 Å². The van der Waals surface area contributed by atoms with Gasteiger partial charge in [0.05, 0.1) is 38.4 Å². The lowest BCUT2D eigenvalue weighted by Gasteiger charge is -2.54. The van der Waals surface area contributed by atoms with Crippen LogP contribution in [-0.4, -0.2) is 145 Å². The van der Waals surface area contributed by atoms with Gasteiger partial charge in [-0.05, 0) is 0 Å². The summed E-state index contributed by atoms with van der Waals surface area (Å²) in [6, 6.07) is 0. The Morgan fingerprint density at radius 3 is 1.19 bits per heavy atom. The standard InChI is InChI=1S/C18H36Cl2N4O2/c19-13-17(25)15-21-1-5-23(6-2-21)9-11-24(12-10-23)7-3-22(4-8-24)16-18(26)14-20/h17-18,25-26H,1-16H2/q+2/t17-,18-/m1/s1. The molecule has 3 heterocycles. The largest absolute Gasteiger partial charge is 0.391 e. The third-order valence-corrected chi connectivity index (χ3v) is 7.67. The van der Waals surface area contributed by atoms with Crippen molar-refractivity contribution in [3.8, 4) is 0 Å². The van der Waals surface area contributed by atoms with E-state index in [0.717, 1.165) is 26.2 Å². The first kappa shape index (κ1) is 21.1. The Hall–Kier alpha value is 0.340. The Labute approximate surface area is 168 Å². The van der Waals surface area contributed by atoms with Gasteiger partial charge in [0.25, 0.3) is 0 Å². The molecule has 0 radical (unpaired) electrons. The van der Waals surface area contributed by atoms with E-state index in [-0.39, 0.29) is 0 Å². The first-order valence-electron chi connectivity index (χ1n) is 10.1. The van der Waals surface area contributed by atoms with Gasteiger partial charge < -0.3 is 19.2 Å². The first-order chi connectivity index (χ1) is 12.5. The fourth-order valence-electron chi connectivity index (χ4n) is 4.89. The van der Waals surface area contributed by atoms with Crippen LogP contribution in [0.3, 0.4) is 0 Å². The smallest absolute Gasteiger partial charge is 0.129 e. The molecule has 0 bridgehead atoms. The molecule has 6 nitrogen and oxygen atoms in total. The number of halogens is 2. The molecule has 3 aliphatic heterocycles. The van der Waals surface area contributed by atoms with E-state index in [2.05, 4.69) is 9.80 Å². The maximum atomic E-state index is 9.76. The molecular weight excluding hydrogens is 375 g/mol. The van der Waals surface area contributed by atoms with E-state index in [9.17, 15) is 10.2 Å². The average Bonchev–Trinajstić information content (AvgIpc) is 2.68. The number of aliphatic hydroxyl groups is 2. The highest BCUT2D eigenvalue weighted by atomic mass is 35.5. The number of hydrogen-bond donors (Lipinski definition) is 2. The molecular formula is C18H36Cl2N4O2+2. The lowest BCUT2D eigenvalue weighted by atomic mass is 10.1. The van der Waals surface area contributed by atoms with E-state index in [4.69, 9.17) is 23.2 Å². The predicted molar refractivity (Wildman–Crippen MR) is 106 cm³/mol. The van der Waals surface area contributed by atoms with Crippen molar-refractivity contribution >= 4 is 23.2 Å². The molecule has 3 fully saturated rings.